The molecule has 1 aliphatic heterocycles. The number of piperidine rings is 1. The second kappa shape index (κ2) is 9.30. The average Bonchev–Trinajstić information content (AvgIpc) is 3.20. The minimum Gasteiger partial charge on any atom is -0.494 e. The molecule has 4 aromatic rings. The number of aromatic nitrogens is 4. The van der Waals surface area contributed by atoms with Crippen molar-refractivity contribution < 1.29 is 4.74 Å². The predicted octanol–water partition coefficient (Wildman–Crippen LogP) is 4.71. The van der Waals surface area contributed by atoms with Crippen molar-refractivity contribution in [2.75, 3.05) is 32.0 Å². The molecule has 32 heavy (non-hydrogen) atoms. The second-order valence-corrected chi connectivity index (χ2v) is 8.07. The van der Waals surface area contributed by atoms with E-state index in [1.165, 1.54) is 6.33 Å². The first-order chi connectivity index (χ1) is 15.2. The zero-order valence-corrected chi connectivity index (χ0v) is 19.3. The van der Waals surface area contributed by atoms with Crippen LogP contribution in [-0.4, -0.2) is 50.9 Å². The number of ether oxygens (including phenoxy) is 1. The molecule has 3 heterocycles. The Kier molecular flexibility index (Phi) is 6.48. The van der Waals surface area contributed by atoms with Crippen LogP contribution in [0.1, 0.15) is 32.7 Å². The van der Waals surface area contributed by atoms with E-state index in [0.717, 1.165) is 71.3 Å². The van der Waals surface area contributed by atoms with Crippen LogP contribution in [0.15, 0.2) is 42.7 Å². The summed E-state index contributed by atoms with van der Waals surface area (Å²) in [4.78, 5) is 11.3. The van der Waals surface area contributed by atoms with Gasteiger partial charge in [0.25, 0.3) is 0 Å². The van der Waals surface area contributed by atoms with E-state index >= 15 is 0 Å². The van der Waals surface area contributed by atoms with Crippen molar-refractivity contribution in [3.05, 3.63) is 42.7 Å². The maximum atomic E-state index is 6.32. The lowest BCUT2D eigenvalue weighted by Gasteiger charge is -2.31. The van der Waals surface area contributed by atoms with Gasteiger partial charge in [0.2, 0.25) is 0 Å². The lowest BCUT2D eigenvalue weighted by Crippen LogP contribution is -2.34. The normalized spacial score (nSPS) is 15.2. The zero-order chi connectivity index (χ0) is 21.4. The molecule has 2 N–H and O–H groups in total. The van der Waals surface area contributed by atoms with Gasteiger partial charge in [-0.1, -0.05) is 25.1 Å². The van der Waals surface area contributed by atoms with Crippen molar-refractivity contribution in [1.29, 1.82) is 0 Å². The SMILES string of the molecule is CCOc1ccc2cc(-c3nn(C4CCN(CC)CC4)c4ncnc(N)c34)ccc2c1.Cl. The Balaban J connectivity index is 0.00000245. The van der Waals surface area contributed by atoms with E-state index in [4.69, 9.17) is 15.6 Å². The Hall–Kier alpha value is -2.90. The highest BCUT2D eigenvalue weighted by Crippen LogP contribution is 2.35. The number of rotatable bonds is 5. The van der Waals surface area contributed by atoms with Crippen molar-refractivity contribution in [3.8, 4) is 17.0 Å². The number of anilines is 1. The molecule has 168 valence electrons. The molecule has 1 fully saturated rings. The summed E-state index contributed by atoms with van der Waals surface area (Å²) < 4.78 is 7.72. The van der Waals surface area contributed by atoms with E-state index < -0.39 is 0 Å². The Morgan fingerprint density at radius 2 is 1.78 bits per heavy atom. The van der Waals surface area contributed by atoms with Crippen LogP contribution in [0.25, 0.3) is 33.1 Å². The number of benzene rings is 2. The molecule has 0 spiro atoms. The Bertz CT molecular complexity index is 1230. The van der Waals surface area contributed by atoms with Gasteiger partial charge in [-0.2, -0.15) is 5.10 Å². The molecule has 5 rings (SSSR count). The number of nitrogen functional groups attached to an aromatic ring is 1. The number of fused-ring (bicyclic) bond motifs is 2. The number of nitrogens with two attached hydrogens (primary N) is 1. The minimum atomic E-state index is 0. The van der Waals surface area contributed by atoms with Crippen molar-refractivity contribution >= 4 is 40.0 Å². The second-order valence-electron chi connectivity index (χ2n) is 8.07. The van der Waals surface area contributed by atoms with Gasteiger partial charge in [0.1, 0.15) is 23.6 Å². The summed E-state index contributed by atoms with van der Waals surface area (Å²) in [6.07, 6.45) is 3.66. The summed E-state index contributed by atoms with van der Waals surface area (Å²) in [5.41, 5.74) is 9.01. The van der Waals surface area contributed by atoms with E-state index in [0.29, 0.717) is 18.5 Å². The highest BCUT2D eigenvalue weighted by Gasteiger charge is 2.25. The molecule has 0 unspecified atom stereocenters. The molecular weight excluding hydrogens is 424 g/mol. The quantitative estimate of drug-likeness (QED) is 0.472. The molecule has 0 aliphatic carbocycles. The van der Waals surface area contributed by atoms with Gasteiger partial charge in [0, 0.05) is 18.7 Å². The lowest BCUT2D eigenvalue weighted by molar-refractivity contribution is 0.190. The third-order valence-corrected chi connectivity index (χ3v) is 6.26. The standard InChI is InChI=1S/C24H28N6O.ClH/c1-3-29-11-9-19(10-12-29)30-24-21(23(25)26-15-27-24)22(28-30)18-6-5-17-14-20(31-4-2)8-7-16(17)13-18;/h5-8,13-15,19H,3-4,9-12H2,1-2H3,(H2,25,26,27);1H. The van der Waals surface area contributed by atoms with Crippen LogP contribution in [0, 0.1) is 0 Å². The molecule has 2 aromatic carbocycles. The van der Waals surface area contributed by atoms with E-state index in [2.05, 4.69) is 56.8 Å². The highest BCUT2D eigenvalue weighted by molar-refractivity contribution is 6.00. The number of nitrogens with zero attached hydrogens (tertiary/aromatic N) is 5. The Labute approximate surface area is 194 Å². The van der Waals surface area contributed by atoms with Crippen molar-refractivity contribution in [3.63, 3.8) is 0 Å². The van der Waals surface area contributed by atoms with Gasteiger partial charge >= 0.3 is 0 Å². The summed E-state index contributed by atoms with van der Waals surface area (Å²) in [5.74, 6) is 1.36. The molecule has 1 aliphatic rings. The third-order valence-electron chi connectivity index (χ3n) is 6.26. The molecule has 0 bridgehead atoms. The van der Waals surface area contributed by atoms with Gasteiger partial charge in [-0.05, 0) is 55.3 Å². The van der Waals surface area contributed by atoms with Gasteiger partial charge < -0.3 is 15.4 Å². The first kappa shape index (κ1) is 22.3. The summed E-state index contributed by atoms with van der Waals surface area (Å²) in [5, 5.41) is 8.15. The molecule has 8 heteroatoms. The summed E-state index contributed by atoms with van der Waals surface area (Å²) in [7, 11) is 0. The minimum absolute atomic E-state index is 0. The Morgan fingerprint density at radius 3 is 2.53 bits per heavy atom. The van der Waals surface area contributed by atoms with Crippen molar-refractivity contribution in [2.45, 2.75) is 32.7 Å². The van der Waals surface area contributed by atoms with Crippen LogP contribution >= 0.6 is 12.4 Å². The van der Waals surface area contributed by atoms with Crippen LogP contribution in [0.3, 0.4) is 0 Å². The molecule has 7 nitrogen and oxygen atoms in total. The monoisotopic (exact) mass is 452 g/mol. The van der Waals surface area contributed by atoms with Gasteiger partial charge in [0.05, 0.1) is 18.0 Å². The summed E-state index contributed by atoms with van der Waals surface area (Å²) in [6.45, 7) is 8.12. The van der Waals surface area contributed by atoms with Gasteiger partial charge in [-0.3, -0.25) is 0 Å². The molecule has 0 radical (unpaired) electrons. The van der Waals surface area contributed by atoms with Crippen LogP contribution < -0.4 is 10.5 Å². The lowest BCUT2D eigenvalue weighted by atomic mass is 10.0. The third kappa shape index (κ3) is 3.98. The largest absolute Gasteiger partial charge is 0.494 e. The first-order valence-electron chi connectivity index (χ1n) is 11.1. The molecule has 0 saturated carbocycles. The molecule has 2 aromatic heterocycles. The molecule has 0 atom stereocenters. The fourth-order valence-corrected chi connectivity index (χ4v) is 4.56. The number of hydrogen-bond acceptors (Lipinski definition) is 6. The van der Waals surface area contributed by atoms with Gasteiger partial charge in [-0.25, -0.2) is 14.6 Å². The Morgan fingerprint density at radius 1 is 1.03 bits per heavy atom. The molecular formula is C24H29ClN6O. The van der Waals surface area contributed by atoms with Gasteiger partial charge in [0.15, 0.2) is 5.65 Å². The van der Waals surface area contributed by atoms with Crippen molar-refractivity contribution in [1.82, 2.24) is 24.6 Å². The van der Waals surface area contributed by atoms with E-state index in [-0.39, 0.29) is 12.4 Å². The zero-order valence-electron chi connectivity index (χ0n) is 18.5. The highest BCUT2D eigenvalue weighted by atomic mass is 35.5. The number of likely N-dealkylation sites (tertiary alicyclic amines) is 1. The maximum absolute atomic E-state index is 6.32. The fourth-order valence-electron chi connectivity index (χ4n) is 4.56. The smallest absolute Gasteiger partial charge is 0.164 e. The van der Waals surface area contributed by atoms with Crippen LogP contribution in [0.4, 0.5) is 5.82 Å². The average molecular weight is 453 g/mol. The van der Waals surface area contributed by atoms with Crippen LogP contribution in [0.2, 0.25) is 0 Å². The summed E-state index contributed by atoms with van der Waals surface area (Å²) in [6, 6.07) is 12.8. The summed E-state index contributed by atoms with van der Waals surface area (Å²) >= 11 is 0. The number of hydrogen-bond donors (Lipinski definition) is 1. The van der Waals surface area contributed by atoms with Crippen molar-refractivity contribution in [2.24, 2.45) is 0 Å². The van der Waals surface area contributed by atoms with Gasteiger partial charge in [-0.15, -0.1) is 12.4 Å². The van der Waals surface area contributed by atoms with Crippen LogP contribution in [-0.2, 0) is 0 Å². The van der Waals surface area contributed by atoms with E-state index in [9.17, 15) is 0 Å². The van der Waals surface area contributed by atoms with E-state index in [1.807, 2.05) is 13.0 Å². The predicted molar refractivity (Wildman–Crippen MR) is 131 cm³/mol. The number of halogens is 1. The fraction of sp³-hybridized carbons (Fsp3) is 0.375. The van der Waals surface area contributed by atoms with Crippen LogP contribution in [0.5, 0.6) is 5.75 Å². The van der Waals surface area contributed by atoms with E-state index in [1.54, 1.807) is 0 Å². The first-order valence-corrected chi connectivity index (χ1v) is 11.1. The molecule has 1 saturated heterocycles. The maximum Gasteiger partial charge on any atom is 0.164 e. The molecule has 0 amide bonds. The topological polar surface area (TPSA) is 82.1 Å².